The number of carbonyl (C=O) groups excluding carboxylic acids is 1. The van der Waals surface area contributed by atoms with Crippen molar-refractivity contribution in [3.8, 4) is 22.3 Å². The smallest absolute Gasteiger partial charge is 0.268 e. The van der Waals surface area contributed by atoms with Gasteiger partial charge in [-0.1, -0.05) is 36.4 Å². The number of aromatic amines is 1. The van der Waals surface area contributed by atoms with Crippen molar-refractivity contribution in [2.24, 2.45) is 17.6 Å². The summed E-state index contributed by atoms with van der Waals surface area (Å²) in [7, 11) is 0. The minimum absolute atomic E-state index is 0.185. The van der Waals surface area contributed by atoms with E-state index in [2.05, 4.69) is 10.3 Å². The highest BCUT2D eigenvalue weighted by Crippen LogP contribution is 2.35. The van der Waals surface area contributed by atoms with E-state index < -0.39 is 0 Å². The first-order valence-electron chi connectivity index (χ1n) is 11.7. The maximum absolute atomic E-state index is 13.6. The number of carbonyl (C=O) groups is 1. The highest BCUT2D eigenvalue weighted by Gasteiger charge is 2.25. The molecule has 4 N–H and O–H groups in total. The maximum atomic E-state index is 13.6. The number of hydrogen-bond acceptors (Lipinski definition) is 2. The van der Waals surface area contributed by atoms with Crippen molar-refractivity contribution in [3.05, 3.63) is 84.1 Å². The molecule has 6 heteroatoms. The predicted octanol–water partition coefficient (Wildman–Crippen LogP) is 5.88. The second-order valence-corrected chi connectivity index (χ2v) is 9.14. The normalized spacial score (nSPS) is 17.9. The van der Waals surface area contributed by atoms with E-state index in [1.807, 2.05) is 18.2 Å². The summed E-state index contributed by atoms with van der Waals surface area (Å²) in [4.78, 5) is 16.6. The Morgan fingerprint density at radius 2 is 1.50 bits per heavy atom. The van der Waals surface area contributed by atoms with Crippen LogP contribution in [0.15, 0.2) is 66.7 Å². The van der Waals surface area contributed by atoms with Gasteiger partial charge >= 0.3 is 0 Å². The van der Waals surface area contributed by atoms with Crippen LogP contribution in [0.1, 0.15) is 29.8 Å². The van der Waals surface area contributed by atoms with Crippen LogP contribution in [-0.4, -0.2) is 24.0 Å². The number of hydrogen-bond donors (Lipinski definition) is 3. The number of nitrogens with one attached hydrogen (secondary N) is 2. The summed E-state index contributed by atoms with van der Waals surface area (Å²) in [6.07, 6.45) is 3.21. The summed E-state index contributed by atoms with van der Waals surface area (Å²) >= 11 is 0. The van der Waals surface area contributed by atoms with E-state index in [1.54, 1.807) is 24.3 Å². The average Bonchev–Trinajstić information content (AvgIpc) is 3.48. The van der Waals surface area contributed by atoms with Gasteiger partial charge in [-0.05, 0) is 84.7 Å². The zero-order valence-electron chi connectivity index (χ0n) is 18.8. The van der Waals surface area contributed by atoms with E-state index >= 15 is 0 Å². The Bertz CT molecular complexity index is 1310. The molecule has 1 heterocycles. The van der Waals surface area contributed by atoms with Crippen LogP contribution in [0.2, 0.25) is 0 Å². The number of benzene rings is 3. The van der Waals surface area contributed by atoms with Crippen LogP contribution in [0.5, 0.6) is 0 Å². The molecule has 0 aliphatic heterocycles. The van der Waals surface area contributed by atoms with Gasteiger partial charge < -0.3 is 16.0 Å². The SMILES string of the molecule is NC[C@H]1CC[C@H](CNC(=O)c2[nH]c3cc(-c4ccc(F)cc4)ccc3c2-c2ccc(F)cc2)C1. The van der Waals surface area contributed by atoms with Crippen molar-refractivity contribution in [3.63, 3.8) is 0 Å². The molecule has 5 rings (SSSR count). The molecule has 34 heavy (non-hydrogen) atoms. The fourth-order valence-electron chi connectivity index (χ4n) is 5.01. The first-order chi connectivity index (χ1) is 16.5. The third-order valence-electron chi connectivity index (χ3n) is 6.87. The van der Waals surface area contributed by atoms with Crippen LogP contribution in [-0.2, 0) is 0 Å². The van der Waals surface area contributed by atoms with E-state index in [4.69, 9.17) is 5.73 Å². The van der Waals surface area contributed by atoms with Gasteiger partial charge in [0.05, 0.1) is 0 Å². The first kappa shape index (κ1) is 22.3. The molecular formula is C28H27F2N3O. The van der Waals surface area contributed by atoms with Crippen molar-refractivity contribution >= 4 is 16.8 Å². The highest BCUT2D eigenvalue weighted by atomic mass is 19.1. The van der Waals surface area contributed by atoms with Crippen molar-refractivity contribution in [2.45, 2.75) is 19.3 Å². The number of amides is 1. The van der Waals surface area contributed by atoms with Gasteiger partial charge in [0.25, 0.3) is 5.91 Å². The predicted molar refractivity (Wildman–Crippen MR) is 131 cm³/mol. The monoisotopic (exact) mass is 459 g/mol. The molecule has 0 saturated heterocycles. The number of fused-ring (bicyclic) bond motifs is 1. The zero-order chi connectivity index (χ0) is 23.7. The summed E-state index contributed by atoms with van der Waals surface area (Å²) in [5, 5.41) is 3.96. The third kappa shape index (κ3) is 4.46. The van der Waals surface area contributed by atoms with Gasteiger partial charge in [0.15, 0.2) is 0 Å². The van der Waals surface area contributed by atoms with Gasteiger partial charge in [-0.2, -0.15) is 0 Å². The van der Waals surface area contributed by atoms with E-state index in [0.717, 1.165) is 52.4 Å². The van der Waals surface area contributed by atoms with E-state index in [0.29, 0.717) is 30.6 Å². The fraction of sp³-hybridized carbons (Fsp3) is 0.250. The number of rotatable bonds is 6. The number of aromatic nitrogens is 1. The topological polar surface area (TPSA) is 70.9 Å². The van der Waals surface area contributed by atoms with Crippen LogP contribution >= 0.6 is 0 Å². The van der Waals surface area contributed by atoms with Gasteiger partial charge in [0, 0.05) is 23.0 Å². The second-order valence-electron chi connectivity index (χ2n) is 9.14. The molecule has 4 aromatic rings. The summed E-state index contributed by atoms with van der Waals surface area (Å²) in [6, 6.07) is 18.3. The molecule has 0 spiro atoms. The molecule has 3 aromatic carbocycles. The molecular weight excluding hydrogens is 432 g/mol. The minimum atomic E-state index is -0.330. The van der Waals surface area contributed by atoms with Crippen molar-refractivity contribution in [1.29, 1.82) is 0 Å². The van der Waals surface area contributed by atoms with E-state index in [9.17, 15) is 13.6 Å². The standard InChI is InChI=1S/C28H27F2N3O/c29-22-8-3-19(4-9-22)21-7-12-24-25(14-21)33-27(26(24)20-5-10-23(30)11-6-20)28(34)32-16-18-2-1-17(13-18)15-31/h3-12,14,17-18,33H,1-2,13,15-16,31H2,(H,32,34)/t17-,18-/m0/s1. The summed E-state index contributed by atoms with van der Waals surface area (Å²) in [5.74, 6) is 0.164. The van der Waals surface area contributed by atoms with Crippen LogP contribution in [0.4, 0.5) is 8.78 Å². The lowest BCUT2D eigenvalue weighted by Gasteiger charge is -2.12. The molecule has 1 saturated carbocycles. The second kappa shape index (κ2) is 9.39. The Balaban J connectivity index is 1.50. The molecule has 0 bridgehead atoms. The molecule has 0 unspecified atom stereocenters. The molecule has 0 radical (unpaired) electrons. The fourth-order valence-corrected chi connectivity index (χ4v) is 5.01. The first-order valence-corrected chi connectivity index (χ1v) is 11.7. The summed E-state index contributed by atoms with van der Waals surface area (Å²) in [6.45, 7) is 1.30. The molecule has 1 fully saturated rings. The zero-order valence-corrected chi connectivity index (χ0v) is 18.8. The van der Waals surface area contributed by atoms with Gasteiger partial charge in [0.1, 0.15) is 17.3 Å². The Morgan fingerprint density at radius 3 is 2.15 bits per heavy atom. The molecule has 174 valence electrons. The summed E-state index contributed by atoms with van der Waals surface area (Å²) < 4.78 is 27.0. The van der Waals surface area contributed by atoms with E-state index in [-0.39, 0.29) is 17.5 Å². The largest absolute Gasteiger partial charge is 0.350 e. The maximum Gasteiger partial charge on any atom is 0.268 e. The quantitative estimate of drug-likeness (QED) is 0.337. The van der Waals surface area contributed by atoms with Gasteiger partial charge in [-0.15, -0.1) is 0 Å². The van der Waals surface area contributed by atoms with E-state index in [1.165, 1.54) is 24.3 Å². The Kier molecular flexibility index (Phi) is 6.16. The van der Waals surface area contributed by atoms with Crippen LogP contribution < -0.4 is 11.1 Å². The molecule has 1 aliphatic rings. The third-order valence-corrected chi connectivity index (χ3v) is 6.87. The molecule has 1 amide bonds. The minimum Gasteiger partial charge on any atom is -0.350 e. The Hall–Kier alpha value is -3.51. The average molecular weight is 460 g/mol. The number of halogens is 2. The lowest BCUT2D eigenvalue weighted by Crippen LogP contribution is -2.29. The van der Waals surface area contributed by atoms with Crippen molar-refractivity contribution < 1.29 is 13.6 Å². The van der Waals surface area contributed by atoms with Crippen molar-refractivity contribution in [2.75, 3.05) is 13.1 Å². The van der Waals surface area contributed by atoms with Gasteiger partial charge in [0.2, 0.25) is 0 Å². The lowest BCUT2D eigenvalue weighted by atomic mass is 9.98. The summed E-state index contributed by atoms with van der Waals surface area (Å²) in [5.41, 5.74) is 10.3. The van der Waals surface area contributed by atoms with Gasteiger partial charge in [-0.3, -0.25) is 4.79 Å². The molecule has 1 aromatic heterocycles. The molecule has 2 atom stereocenters. The lowest BCUT2D eigenvalue weighted by molar-refractivity contribution is 0.0943. The Morgan fingerprint density at radius 1 is 0.882 bits per heavy atom. The molecule has 1 aliphatic carbocycles. The molecule has 4 nitrogen and oxygen atoms in total. The van der Waals surface area contributed by atoms with Crippen LogP contribution in [0, 0.1) is 23.5 Å². The van der Waals surface area contributed by atoms with Crippen LogP contribution in [0.25, 0.3) is 33.2 Å². The number of H-pyrrole nitrogens is 1. The Labute approximate surface area is 197 Å². The highest BCUT2D eigenvalue weighted by molar-refractivity contribution is 6.10. The van der Waals surface area contributed by atoms with Crippen molar-refractivity contribution in [1.82, 2.24) is 10.3 Å². The number of nitrogens with two attached hydrogens (primary N) is 1. The van der Waals surface area contributed by atoms with Gasteiger partial charge in [-0.25, -0.2) is 8.78 Å². The van der Waals surface area contributed by atoms with Crippen LogP contribution in [0.3, 0.4) is 0 Å².